The molecule has 0 rings (SSSR count). The zero-order valence-electron chi connectivity index (χ0n) is 10.6. The highest BCUT2D eigenvalue weighted by Crippen LogP contribution is 2.05. The molecule has 0 spiro atoms. The molecule has 0 saturated carbocycles. The van der Waals surface area contributed by atoms with Crippen LogP contribution < -0.4 is 0 Å². The van der Waals surface area contributed by atoms with E-state index in [1.807, 2.05) is 21.1 Å². The van der Waals surface area contributed by atoms with Crippen molar-refractivity contribution in [3.63, 3.8) is 0 Å². The van der Waals surface area contributed by atoms with Crippen molar-refractivity contribution in [3.05, 3.63) is 12.2 Å². The number of rotatable bonds is 7. The van der Waals surface area contributed by atoms with Gasteiger partial charge in [-0.2, -0.15) is 0 Å². The van der Waals surface area contributed by atoms with E-state index >= 15 is 0 Å². The Kier molecular flexibility index (Phi) is 6.04. The molecule has 0 saturated heterocycles. The van der Waals surface area contributed by atoms with Crippen LogP contribution in [0.3, 0.4) is 0 Å². The van der Waals surface area contributed by atoms with E-state index in [2.05, 4.69) is 0 Å². The molecule has 0 aliphatic carbocycles. The van der Waals surface area contributed by atoms with Crippen LogP contribution >= 0.6 is 0 Å². The van der Waals surface area contributed by atoms with Crippen LogP contribution in [0.15, 0.2) is 12.2 Å². The number of likely N-dealkylation sites (N-methyl/N-ethyl adjacent to an activating group) is 1. The predicted molar refractivity (Wildman–Crippen MR) is 61.8 cm³/mol. The molecular weight excluding hydrogens is 242 g/mol. The van der Waals surface area contributed by atoms with Gasteiger partial charge in [-0.25, -0.2) is 9.59 Å². The Morgan fingerprint density at radius 1 is 1.17 bits per heavy atom. The molecule has 0 aliphatic heterocycles. The molecular formula is C11H18NO6+. The molecule has 0 aliphatic rings. The normalized spacial score (nSPS) is 13.3. The van der Waals surface area contributed by atoms with E-state index in [4.69, 9.17) is 14.9 Å². The van der Waals surface area contributed by atoms with Gasteiger partial charge in [-0.3, -0.25) is 4.79 Å². The van der Waals surface area contributed by atoms with Crippen molar-refractivity contribution >= 4 is 17.9 Å². The predicted octanol–water partition coefficient (Wildman–Crippen LogP) is -0.280. The van der Waals surface area contributed by atoms with Gasteiger partial charge in [0.2, 0.25) is 0 Å². The quantitative estimate of drug-likeness (QED) is 0.371. The van der Waals surface area contributed by atoms with Gasteiger partial charge in [-0.1, -0.05) is 0 Å². The molecule has 0 aromatic carbocycles. The van der Waals surface area contributed by atoms with Gasteiger partial charge in [0.05, 0.1) is 27.6 Å². The Hall–Kier alpha value is -1.89. The number of carboxylic acid groups (broad SMARTS) is 2. The molecule has 0 aromatic rings. The fraction of sp³-hybridized carbons (Fsp3) is 0.545. The summed E-state index contributed by atoms with van der Waals surface area (Å²) in [6.07, 6.45) is 0.287. The summed E-state index contributed by atoms with van der Waals surface area (Å²) in [6.45, 7) is 0.318. The Morgan fingerprint density at radius 2 is 1.72 bits per heavy atom. The first-order valence-electron chi connectivity index (χ1n) is 5.24. The van der Waals surface area contributed by atoms with Gasteiger partial charge in [0.1, 0.15) is 6.54 Å². The van der Waals surface area contributed by atoms with Crippen LogP contribution in [0.1, 0.15) is 6.42 Å². The van der Waals surface area contributed by atoms with Crippen LogP contribution in [0.25, 0.3) is 0 Å². The molecule has 0 fully saturated rings. The maximum Gasteiger partial charge on any atom is 0.331 e. The molecule has 18 heavy (non-hydrogen) atoms. The minimum absolute atomic E-state index is 0.317. The Morgan fingerprint density at radius 3 is 2.11 bits per heavy atom. The SMILES string of the molecule is C[N+](C)(C)C[C@@H](CC(=O)O)OC(=O)/C=C\C(=O)O. The van der Waals surface area contributed by atoms with Crippen LogP contribution in [0.2, 0.25) is 0 Å². The first-order valence-corrected chi connectivity index (χ1v) is 5.24. The lowest BCUT2D eigenvalue weighted by Crippen LogP contribution is -2.43. The van der Waals surface area contributed by atoms with Crippen molar-refractivity contribution in [2.24, 2.45) is 0 Å². The average Bonchev–Trinajstić information content (AvgIpc) is 2.10. The van der Waals surface area contributed by atoms with Crippen molar-refractivity contribution in [3.8, 4) is 0 Å². The standard InChI is InChI=1S/C11H17NO6/c1-12(2,3)7-8(6-10(15)16)18-11(17)5-4-9(13)14/h4-5,8H,6-7H2,1-3H3,(H-,13,14,15,16)/p+1/b5-4-/t8-/m1/s1. The van der Waals surface area contributed by atoms with Crippen LogP contribution in [-0.2, 0) is 19.1 Å². The molecule has 1 atom stereocenters. The Balaban J connectivity index is 4.54. The van der Waals surface area contributed by atoms with Crippen molar-refractivity contribution < 1.29 is 33.8 Å². The van der Waals surface area contributed by atoms with Crippen LogP contribution in [-0.4, -0.2) is 66.4 Å². The van der Waals surface area contributed by atoms with Crippen molar-refractivity contribution in [2.45, 2.75) is 12.5 Å². The first kappa shape index (κ1) is 16.1. The molecule has 0 bridgehead atoms. The maximum atomic E-state index is 11.3. The summed E-state index contributed by atoms with van der Waals surface area (Å²) in [5.74, 6) is -3.21. The number of aliphatic carboxylic acids is 2. The molecule has 0 amide bonds. The lowest BCUT2D eigenvalue weighted by Gasteiger charge is -2.28. The molecule has 102 valence electrons. The van der Waals surface area contributed by atoms with Gasteiger partial charge in [0.25, 0.3) is 0 Å². The number of hydrogen-bond acceptors (Lipinski definition) is 4. The van der Waals surface area contributed by atoms with E-state index < -0.39 is 24.0 Å². The fourth-order valence-corrected chi connectivity index (χ4v) is 1.29. The van der Waals surface area contributed by atoms with E-state index in [1.165, 1.54) is 0 Å². The smallest absolute Gasteiger partial charge is 0.331 e. The number of carbonyl (C=O) groups excluding carboxylic acids is 1. The monoisotopic (exact) mass is 260 g/mol. The molecule has 0 unspecified atom stereocenters. The third-order valence-corrected chi connectivity index (χ3v) is 1.80. The van der Waals surface area contributed by atoms with Crippen LogP contribution in [0.4, 0.5) is 0 Å². The highest BCUT2D eigenvalue weighted by molar-refractivity contribution is 5.90. The Labute approximate surface area is 105 Å². The summed E-state index contributed by atoms with van der Waals surface area (Å²) < 4.78 is 5.33. The second-order valence-corrected chi connectivity index (χ2v) is 4.80. The van der Waals surface area contributed by atoms with Gasteiger partial charge < -0.3 is 19.4 Å². The van der Waals surface area contributed by atoms with E-state index in [0.29, 0.717) is 17.1 Å². The van der Waals surface area contributed by atoms with Crippen molar-refractivity contribution in [1.29, 1.82) is 0 Å². The summed E-state index contributed by atoms with van der Waals surface area (Å²) in [4.78, 5) is 32.1. The number of ether oxygens (including phenoxy) is 1. The minimum atomic E-state index is -1.27. The largest absolute Gasteiger partial charge is 0.481 e. The van der Waals surface area contributed by atoms with E-state index in [-0.39, 0.29) is 6.42 Å². The number of carbonyl (C=O) groups is 3. The molecule has 0 heterocycles. The molecule has 7 nitrogen and oxygen atoms in total. The van der Waals surface area contributed by atoms with Crippen LogP contribution in [0.5, 0.6) is 0 Å². The van der Waals surface area contributed by atoms with Crippen molar-refractivity contribution in [1.82, 2.24) is 0 Å². The number of esters is 1. The second kappa shape index (κ2) is 6.75. The second-order valence-electron chi connectivity index (χ2n) is 4.80. The molecule has 2 N–H and O–H groups in total. The maximum absolute atomic E-state index is 11.3. The third kappa shape index (κ3) is 9.34. The molecule has 0 aromatic heterocycles. The Bertz CT molecular complexity index is 355. The van der Waals surface area contributed by atoms with Gasteiger partial charge >= 0.3 is 17.9 Å². The summed E-state index contributed by atoms with van der Waals surface area (Å²) in [5, 5.41) is 17.0. The summed E-state index contributed by atoms with van der Waals surface area (Å²) in [6, 6.07) is 0. The zero-order chi connectivity index (χ0) is 14.3. The number of quaternary nitrogens is 1. The van der Waals surface area contributed by atoms with Crippen LogP contribution in [0, 0.1) is 0 Å². The summed E-state index contributed by atoms with van der Waals surface area (Å²) >= 11 is 0. The fourth-order valence-electron chi connectivity index (χ4n) is 1.29. The third-order valence-electron chi connectivity index (χ3n) is 1.80. The zero-order valence-corrected chi connectivity index (χ0v) is 10.6. The molecule has 0 radical (unpaired) electrons. The number of nitrogens with zero attached hydrogens (tertiary/aromatic N) is 1. The first-order chi connectivity index (χ1) is 8.10. The minimum Gasteiger partial charge on any atom is -0.481 e. The highest BCUT2D eigenvalue weighted by atomic mass is 16.5. The molecule has 7 heteroatoms. The lowest BCUT2D eigenvalue weighted by atomic mass is 10.2. The van der Waals surface area contributed by atoms with E-state index in [0.717, 1.165) is 6.08 Å². The van der Waals surface area contributed by atoms with E-state index in [1.54, 1.807) is 0 Å². The van der Waals surface area contributed by atoms with Gasteiger partial charge in [-0.05, 0) is 0 Å². The topological polar surface area (TPSA) is 101 Å². The van der Waals surface area contributed by atoms with Gasteiger partial charge in [0.15, 0.2) is 6.10 Å². The van der Waals surface area contributed by atoms with Gasteiger partial charge in [0, 0.05) is 12.2 Å². The summed E-state index contributed by atoms with van der Waals surface area (Å²) in [7, 11) is 5.49. The highest BCUT2D eigenvalue weighted by Gasteiger charge is 2.24. The summed E-state index contributed by atoms with van der Waals surface area (Å²) in [5.41, 5.74) is 0. The lowest BCUT2D eigenvalue weighted by molar-refractivity contribution is -0.873. The number of carboxylic acids is 2. The average molecular weight is 260 g/mol. The van der Waals surface area contributed by atoms with Gasteiger partial charge in [-0.15, -0.1) is 0 Å². The van der Waals surface area contributed by atoms with Crippen molar-refractivity contribution in [2.75, 3.05) is 27.7 Å². The number of hydrogen-bond donors (Lipinski definition) is 2. The van der Waals surface area contributed by atoms with E-state index in [9.17, 15) is 14.4 Å².